The van der Waals surface area contributed by atoms with Crippen LogP contribution < -0.4 is 20.9 Å². The number of anilines is 4. The quantitative estimate of drug-likeness (QED) is 0.304. The number of rotatable bonds is 7. The number of aliphatic hydroxyl groups excluding tert-OH is 1. The van der Waals surface area contributed by atoms with Crippen LogP contribution in [0.1, 0.15) is 56.8 Å². The molecule has 1 saturated heterocycles. The SMILES string of the molecule is Cc1ccc(NC(=O)c2cc(N3CCC(O)CC3)cc(C(F)(F)F)c2)cc1NC(=O)c1cnc(NC2CC2)s1. The molecule has 12 heteroatoms. The molecule has 1 aliphatic heterocycles. The molecule has 0 radical (unpaired) electrons. The van der Waals surface area contributed by atoms with Gasteiger partial charge in [0.25, 0.3) is 11.8 Å². The minimum Gasteiger partial charge on any atom is -0.393 e. The lowest BCUT2D eigenvalue weighted by Gasteiger charge is -2.32. The molecule has 1 saturated carbocycles. The maximum atomic E-state index is 13.7. The largest absolute Gasteiger partial charge is 0.416 e. The number of thiazole rings is 1. The van der Waals surface area contributed by atoms with Crippen LogP contribution in [0.25, 0.3) is 0 Å². The van der Waals surface area contributed by atoms with E-state index in [9.17, 15) is 27.9 Å². The number of halogens is 3. The molecular formula is C27H28F3N5O3S. The van der Waals surface area contributed by atoms with Crippen molar-refractivity contribution in [3.8, 4) is 0 Å². The van der Waals surface area contributed by atoms with E-state index in [1.165, 1.54) is 23.6 Å². The molecule has 2 aliphatic rings. The van der Waals surface area contributed by atoms with Gasteiger partial charge in [0, 0.05) is 41.8 Å². The van der Waals surface area contributed by atoms with E-state index in [0.717, 1.165) is 30.5 Å². The normalized spacial score (nSPS) is 16.2. The Bertz CT molecular complexity index is 1380. The summed E-state index contributed by atoms with van der Waals surface area (Å²) in [6.45, 7) is 2.58. The molecule has 2 aromatic carbocycles. The summed E-state index contributed by atoms with van der Waals surface area (Å²) in [5.74, 6) is -1.06. The fourth-order valence-corrected chi connectivity index (χ4v) is 5.07. The fraction of sp³-hybridized carbons (Fsp3) is 0.370. The van der Waals surface area contributed by atoms with E-state index < -0.39 is 23.8 Å². The molecule has 0 atom stereocenters. The van der Waals surface area contributed by atoms with E-state index in [0.29, 0.717) is 53.4 Å². The number of benzene rings is 2. The maximum Gasteiger partial charge on any atom is 0.416 e. The molecule has 2 amide bonds. The number of nitrogens with one attached hydrogen (secondary N) is 3. The van der Waals surface area contributed by atoms with Crippen molar-refractivity contribution in [2.24, 2.45) is 0 Å². The monoisotopic (exact) mass is 559 g/mol. The summed E-state index contributed by atoms with van der Waals surface area (Å²) < 4.78 is 41.0. The van der Waals surface area contributed by atoms with Crippen LogP contribution in [-0.4, -0.2) is 47.1 Å². The van der Waals surface area contributed by atoms with Crippen molar-refractivity contribution >= 4 is 45.3 Å². The lowest BCUT2D eigenvalue weighted by Crippen LogP contribution is -2.36. The molecule has 1 aliphatic carbocycles. The highest BCUT2D eigenvalue weighted by molar-refractivity contribution is 7.17. The van der Waals surface area contributed by atoms with Gasteiger partial charge in [0.05, 0.1) is 17.9 Å². The molecular weight excluding hydrogens is 531 g/mol. The molecule has 5 rings (SSSR count). The molecule has 1 aromatic heterocycles. The standard InChI is InChI=1S/C27H28F3N5O3S/c1-15-2-3-19(13-22(15)34-25(38)23-14-31-26(39-23)33-18-4-5-18)32-24(37)16-10-17(27(28,29)30)12-20(11-16)35-8-6-21(36)7-9-35/h2-3,10-14,18,21,36H,4-9H2,1H3,(H,31,33)(H,32,37)(H,34,38). The van der Waals surface area contributed by atoms with Crippen molar-refractivity contribution in [3.05, 3.63) is 64.2 Å². The summed E-state index contributed by atoms with van der Waals surface area (Å²) in [7, 11) is 0. The van der Waals surface area contributed by atoms with Crippen LogP contribution in [0.4, 0.5) is 35.4 Å². The second-order valence-corrected chi connectivity index (χ2v) is 10.9. The number of aromatic nitrogens is 1. The van der Waals surface area contributed by atoms with Crippen LogP contribution in [-0.2, 0) is 6.18 Å². The number of hydrogen-bond acceptors (Lipinski definition) is 7. The van der Waals surface area contributed by atoms with Crippen molar-refractivity contribution in [2.75, 3.05) is 33.9 Å². The molecule has 0 spiro atoms. The third-order valence-corrected chi connectivity index (χ3v) is 7.64. The van der Waals surface area contributed by atoms with E-state index in [1.807, 2.05) is 0 Å². The smallest absolute Gasteiger partial charge is 0.393 e. The average molecular weight is 560 g/mol. The van der Waals surface area contributed by atoms with Gasteiger partial charge in [-0.2, -0.15) is 13.2 Å². The van der Waals surface area contributed by atoms with Crippen molar-refractivity contribution in [2.45, 2.75) is 50.9 Å². The highest BCUT2D eigenvalue weighted by Crippen LogP contribution is 2.34. The predicted octanol–water partition coefficient (Wildman–Crippen LogP) is 5.51. The number of hydrogen-bond donors (Lipinski definition) is 4. The topological polar surface area (TPSA) is 107 Å². The van der Waals surface area contributed by atoms with Crippen LogP contribution in [0.3, 0.4) is 0 Å². The van der Waals surface area contributed by atoms with E-state index in [4.69, 9.17) is 0 Å². The number of carbonyl (C=O) groups is 2. The summed E-state index contributed by atoms with van der Waals surface area (Å²) in [6.07, 6.45) is -0.563. The fourth-order valence-electron chi connectivity index (χ4n) is 4.28. The Morgan fingerprint density at radius 2 is 1.77 bits per heavy atom. The zero-order valence-corrected chi connectivity index (χ0v) is 22.0. The van der Waals surface area contributed by atoms with Crippen molar-refractivity contribution in [1.29, 1.82) is 0 Å². The first kappa shape index (κ1) is 26.9. The van der Waals surface area contributed by atoms with Crippen LogP contribution in [0.5, 0.6) is 0 Å². The van der Waals surface area contributed by atoms with Crippen molar-refractivity contribution < 1.29 is 27.9 Å². The molecule has 0 unspecified atom stereocenters. The lowest BCUT2D eigenvalue weighted by atomic mass is 10.0. The van der Waals surface area contributed by atoms with Gasteiger partial charge in [0.15, 0.2) is 5.13 Å². The number of piperidine rings is 1. The highest BCUT2D eigenvalue weighted by Gasteiger charge is 2.33. The van der Waals surface area contributed by atoms with Gasteiger partial charge in [0.2, 0.25) is 0 Å². The third-order valence-electron chi connectivity index (χ3n) is 6.71. The van der Waals surface area contributed by atoms with Gasteiger partial charge in [0.1, 0.15) is 4.88 Å². The zero-order valence-electron chi connectivity index (χ0n) is 21.1. The number of aryl methyl sites for hydroxylation is 1. The summed E-state index contributed by atoms with van der Waals surface area (Å²) in [5.41, 5.74) is 0.737. The van der Waals surface area contributed by atoms with Gasteiger partial charge in [-0.05, 0) is 68.5 Å². The van der Waals surface area contributed by atoms with Crippen LogP contribution in [0.2, 0.25) is 0 Å². The van der Waals surface area contributed by atoms with E-state index >= 15 is 0 Å². The third kappa shape index (κ3) is 6.69. The second-order valence-electron chi connectivity index (χ2n) is 9.87. The molecule has 39 heavy (non-hydrogen) atoms. The van der Waals surface area contributed by atoms with Gasteiger partial charge in [-0.15, -0.1) is 0 Å². The average Bonchev–Trinajstić information content (AvgIpc) is 3.59. The zero-order chi connectivity index (χ0) is 27.7. The number of alkyl halides is 3. The van der Waals surface area contributed by atoms with E-state index in [1.54, 1.807) is 30.0 Å². The molecule has 8 nitrogen and oxygen atoms in total. The molecule has 2 heterocycles. The minimum atomic E-state index is -4.63. The van der Waals surface area contributed by atoms with E-state index in [2.05, 4.69) is 20.9 Å². The number of aliphatic hydroxyl groups is 1. The molecule has 2 fully saturated rings. The second kappa shape index (κ2) is 10.9. The first-order valence-electron chi connectivity index (χ1n) is 12.7. The maximum absolute atomic E-state index is 13.7. The van der Waals surface area contributed by atoms with Crippen LogP contribution in [0.15, 0.2) is 42.6 Å². The summed E-state index contributed by atoms with van der Waals surface area (Å²) in [6, 6.07) is 8.58. The Hall–Kier alpha value is -3.64. The summed E-state index contributed by atoms with van der Waals surface area (Å²) in [5, 5.41) is 19.2. The van der Waals surface area contributed by atoms with Crippen LogP contribution in [0, 0.1) is 6.92 Å². The Labute approximate surface area is 227 Å². The Kier molecular flexibility index (Phi) is 7.50. The lowest BCUT2D eigenvalue weighted by molar-refractivity contribution is -0.137. The molecule has 3 aromatic rings. The van der Waals surface area contributed by atoms with Gasteiger partial charge in [-0.25, -0.2) is 4.98 Å². The predicted molar refractivity (Wildman–Crippen MR) is 145 cm³/mol. The highest BCUT2D eigenvalue weighted by atomic mass is 32.1. The van der Waals surface area contributed by atoms with Gasteiger partial charge in [-0.1, -0.05) is 17.4 Å². The minimum absolute atomic E-state index is 0.141. The Morgan fingerprint density at radius 3 is 2.46 bits per heavy atom. The Balaban J connectivity index is 1.32. The van der Waals surface area contributed by atoms with Gasteiger partial charge >= 0.3 is 6.18 Å². The molecule has 206 valence electrons. The van der Waals surface area contributed by atoms with Gasteiger partial charge in [-0.3, -0.25) is 9.59 Å². The summed E-state index contributed by atoms with van der Waals surface area (Å²) in [4.78, 5) is 32.3. The van der Waals surface area contributed by atoms with E-state index in [-0.39, 0.29) is 17.2 Å². The number of nitrogens with zero attached hydrogens (tertiary/aromatic N) is 2. The number of carbonyl (C=O) groups excluding carboxylic acids is 2. The molecule has 0 bridgehead atoms. The number of amides is 2. The first-order valence-corrected chi connectivity index (χ1v) is 13.5. The van der Waals surface area contributed by atoms with Crippen molar-refractivity contribution in [1.82, 2.24) is 4.98 Å². The van der Waals surface area contributed by atoms with Crippen LogP contribution >= 0.6 is 11.3 Å². The molecule has 4 N–H and O–H groups in total. The van der Waals surface area contributed by atoms with Gasteiger partial charge < -0.3 is 26.0 Å². The first-order chi connectivity index (χ1) is 18.5. The Morgan fingerprint density at radius 1 is 1.03 bits per heavy atom. The van der Waals surface area contributed by atoms with Crippen molar-refractivity contribution in [3.63, 3.8) is 0 Å². The summed E-state index contributed by atoms with van der Waals surface area (Å²) >= 11 is 1.25.